The maximum absolute atomic E-state index is 16.3. The van der Waals surface area contributed by atoms with Gasteiger partial charge in [-0.05, 0) is 175 Å². The van der Waals surface area contributed by atoms with Crippen LogP contribution in [0.4, 0.5) is 20.2 Å². The Kier molecular flexibility index (Phi) is 15.4. The molecule has 0 aromatic heterocycles. The van der Waals surface area contributed by atoms with Crippen molar-refractivity contribution < 1.29 is 42.3 Å². The summed E-state index contributed by atoms with van der Waals surface area (Å²) in [4.78, 5) is 86.2. The minimum absolute atomic E-state index is 0.0297. The highest BCUT2D eigenvalue weighted by molar-refractivity contribution is 6.32. The van der Waals surface area contributed by atoms with Crippen molar-refractivity contribution in [3.05, 3.63) is 127 Å². The highest BCUT2D eigenvalue weighted by Gasteiger charge is 2.76. The van der Waals surface area contributed by atoms with Crippen LogP contribution >= 0.6 is 46.4 Å². The first-order chi connectivity index (χ1) is 41.6. The molecular weight excluding hydrogens is 1190 g/mol. The van der Waals surface area contributed by atoms with Gasteiger partial charge in [0.2, 0.25) is 23.6 Å². The number of likely N-dealkylation sites (N-methyl/N-ethyl adjacent to an activating group) is 1. The van der Waals surface area contributed by atoms with Crippen molar-refractivity contribution in [3.63, 3.8) is 0 Å². The number of ketones is 1. The molecule has 8 aliphatic carbocycles. The Balaban J connectivity index is 0.000000161. The van der Waals surface area contributed by atoms with Gasteiger partial charge < -0.3 is 26.0 Å². The van der Waals surface area contributed by atoms with Gasteiger partial charge in [0.05, 0.1) is 34.7 Å². The van der Waals surface area contributed by atoms with E-state index in [1.54, 1.807) is 55.5 Å². The molecule has 2 saturated heterocycles. The summed E-state index contributed by atoms with van der Waals surface area (Å²) >= 11 is 25.6. The number of anilines is 2. The molecule has 16 rings (SSSR count). The van der Waals surface area contributed by atoms with Gasteiger partial charge in [0, 0.05) is 60.8 Å². The Hall–Kier alpha value is -5.16. The van der Waals surface area contributed by atoms with Gasteiger partial charge >= 0.3 is 5.97 Å². The quantitative estimate of drug-likeness (QED) is 0.102. The van der Waals surface area contributed by atoms with Crippen LogP contribution in [0.1, 0.15) is 189 Å². The molecule has 4 aromatic rings. The van der Waals surface area contributed by atoms with E-state index in [-0.39, 0.29) is 62.0 Å². The molecule has 10 fully saturated rings. The Bertz CT molecular complexity index is 3490. The highest BCUT2D eigenvalue weighted by atomic mass is 35.5. The fourth-order valence-corrected chi connectivity index (χ4v) is 20.4. The summed E-state index contributed by atoms with van der Waals surface area (Å²) in [6.07, 6.45) is 16.8. The zero-order valence-electron chi connectivity index (χ0n) is 49.6. The molecule has 87 heavy (non-hydrogen) atoms. The molecule has 4 bridgehead atoms. The standard InChI is InChI=1S/C35H40Cl2FN3O3.C33H36Cl2FN3O4/c1-3-41-29(30(43)40-33-17-14-32(15-18-33,16-19-33)21(2)42)27(23-8-7-9-25(37)28(23)38)35(34(41)12-5-4-6-13-34)24-11-10-22(36)20-26(24)39-31(35)44;1-43-29(42)30-12-15-31(16-13-30,17-14-30)39-27(40)26-24(20-6-5-7-22(35)25(20)36)33(32(38-26)10-3-2-4-11-32)21-9-8-19(34)18-23(21)37-28(33)41/h7-11,20,27,29H,3-6,12-19H2,1-2H3,(H,39,44)(H,40,43);5-9,18,24,26,38H,2-4,10-17H2,1H3,(H,37,41)(H,39,40)/t27-,29+,32?,33?,35+;24-,26+,30?,31?,33+/m00/s1. The fraction of sp³-hybridized carbons (Fsp3) is 0.559. The minimum atomic E-state index is -1.27. The van der Waals surface area contributed by atoms with E-state index < -0.39 is 74.0 Å². The van der Waals surface area contributed by atoms with Crippen molar-refractivity contribution in [2.24, 2.45) is 10.8 Å². The lowest BCUT2D eigenvalue weighted by Crippen LogP contribution is -2.63. The lowest BCUT2D eigenvalue weighted by atomic mass is 9.55. The summed E-state index contributed by atoms with van der Waals surface area (Å²) < 4.78 is 37.6. The van der Waals surface area contributed by atoms with E-state index in [0.717, 1.165) is 88.2 Å². The number of rotatable bonds is 9. The number of amides is 4. The van der Waals surface area contributed by atoms with Gasteiger partial charge in [-0.2, -0.15) is 0 Å². The van der Waals surface area contributed by atoms with Gasteiger partial charge in [-0.3, -0.25) is 39.0 Å². The Morgan fingerprint density at radius 1 is 0.586 bits per heavy atom. The summed E-state index contributed by atoms with van der Waals surface area (Å²) in [7, 11) is 1.43. The van der Waals surface area contributed by atoms with Crippen molar-refractivity contribution in [2.45, 2.75) is 212 Å². The number of hydrogen-bond acceptors (Lipinski definition) is 9. The molecule has 462 valence electrons. The predicted octanol–water partition coefficient (Wildman–Crippen LogP) is 13.5. The number of carbonyl (C=O) groups excluding carboxylic acids is 6. The number of halogens is 6. The van der Waals surface area contributed by atoms with Crippen LogP contribution in [0.25, 0.3) is 0 Å². The maximum Gasteiger partial charge on any atom is 0.311 e. The van der Waals surface area contributed by atoms with Gasteiger partial charge in [0.25, 0.3) is 0 Å². The number of methoxy groups -OCH3 is 1. The van der Waals surface area contributed by atoms with E-state index in [4.69, 9.17) is 51.1 Å². The van der Waals surface area contributed by atoms with E-state index in [1.165, 1.54) is 19.2 Å². The summed E-state index contributed by atoms with van der Waals surface area (Å²) in [5.41, 5.74) is -2.40. The van der Waals surface area contributed by atoms with Crippen molar-refractivity contribution >= 4 is 93.2 Å². The molecule has 0 unspecified atom stereocenters. The van der Waals surface area contributed by atoms with Gasteiger partial charge in [-0.15, -0.1) is 0 Å². The number of benzene rings is 4. The van der Waals surface area contributed by atoms with Crippen molar-refractivity contribution in [1.82, 2.24) is 20.9 Å². The molecule has 8 saturated carbocycles. The average Bonchev–Trinajstić information content (AvgIpc) is 1.53. The molecule has 4 spiro atoms. The predicted molar refractivity (Wildman–Crippen MR) is 331 cm³/mol. The first-order valence-corrected chi connectivity index (χ1v) is 33.0. The van der Waals surface area contributed by atoms with Gasteiger partial charge in [0.15, 0.2) is 0 Å². The first kappa shape index (κ1) is 60.7. The Morgan fingerprint density at radius 3 is 1.54 bits per heavy atom. The number of nitrogens with one attached hydrogen (secondary N) is 5. The minimum Gasteiger partial charge on any atom is -0.469 e. The number of ether oxygens (including phenoxy) is 1. The van der Waals surface area contributed by atoms with Crippen LogP contribution in [-0.4, -0.2) is 88.2 Å². The second kappa shape index (κ2) is 22.1. The molecule has 4 aromatic carbocycles. The second-order valence-electron chi connectivity index (χ2n) is 27.4. The molecule has 4 heterocycles. The number of fused-ring (bicyclic) bond motifs is 12. The van der Waals surface area contributed by atoms with Gasteiger partial charge in [-0.25, -0.2) is 8.78 Å². The average molecular weight is 1270 g/mol. The molecule has 13 nitrogen and oxygen atoms in total. The topological polar surface area (TPSA) is 175 Å². The van der Waals surface area contributed by atoms with Crippen molar-refractivity contribution in [2.75, 3.05) is 24.3 Å². The smallest absolute Gasteiger partial charge is 0.311 e. The summed E-state index contributed by atoms with van der Waals surface area (Å²) in [5.74, 6) is -3.74. The molecule has 19 heteroatoms. The van der Waals surface area contributed by atoms with E-state index in [9.17, 15) is 28.8 Å². The molecule has 4 aliphatic heterocycles. The molecule has 4 amide bonds. The van der Waals surface area contributed by atoms with E-state index in [0.29, 0.717) is 92.2 Å². The lowest BCUT2D eigenvalue weighted by molar-refractivity contribution is -0.161. The molecule has 6 atom stereocenters. The highest BCUT2D eigenvalue weighted by Crippen LogP contribution is 2.68. The van der Waals surface area contributed by atoms with Crippen LogP contribution in [0.3, 0.4) is 0 Å². The molecule has 12 aliphatic rings. The summed E-state index contributed by atoms with van der Waals surface area (Å²) in [5, 5.41) is 17.7. The fourth-order valence-electron chi connectivity index (χ4n) is 19.7. The molecule has 0 radical (unpaired) electrons. The number of nitrogens with zero attached hydrogens (tertiary/aromatic N) is 1. The van der Waals surface area contributed by atoms with E-state index in [2.05, 4.69) is 31.5 Å². The Morgan fingerprint density at radius 2 is 1.05 bits per heavy atom. The number of Topliss-reactive ketones (excluding diaryl/α,β-unsaturated/α-hetero) is 1. The Labute approximate surface area is 527 Å². The normalized spacial score (nSPS) is 33.9. The number of likely N-dealkylation sites (tertiary alicyclic amines) is 1. The zero-order valence-corrected chi connectivity index (χ0v) is 52.6. The SMILES string of the molecule is CCN1[C@@H](C(=O)NC23CCC(C(C)=O)(CC2)CC3)[C@H](c2cccc(Cl)c2F)[C@]2(C(=O)Nc3cc(Cl)ccc32)C12CCCCC2.COC(=O)C12CCC(NC(=O)[C@@H]3NC4(CCCCC4)[C@@]4(C(=O)Nc5cc(Cl)ccc54)[C@H]3c3cccc(Cl)c3F)(CC1)CC2. The molecule has 5 N–H and O–H groups in total. The summed E-state index contributed by atoms with van der Waals surface area (Å²) in [6, 6.07) is 18.8. The van der Waals surface area contributed by atoms with Gasteiger partial charge in [0.1, 0.15) is 28.2 Å². The number of carbonyl (C=O) groups is 6. The van der Waals surface area contributed by atoms with Gasteiger partial charge in [-0.1, -0.05) is 128 Å². The van der Waals surface area contributed by atoms with Crippen LogP contribution in [0.5, 0.6) is 0 Å². The third kappa shape index (κ3) is 8.88. The number of hydrogen-bond donors (Lipinski definition) is 5. The van der Waals surface area contributed by atoms with E-state index in [1.807, 2.05) is 19.1 Å². The third-order valence-corrected chi connectivity index (χ3v) is 25.0. The maximum atomic E-state index is 16.3. The summed E-state index contributed by atoms with van der Waals surface area (Å²) in [6.45, 7) is 4.26. The number of esters is 1. The lowest BCUT2D eigenvalue weighted by Gasteiger charge is -2.53. The van der Waals surface area contributed by atoms with Crippen LogP contribution in [0.2, 0.25) is 20.1 Å². The van der Waals surface area contributed by atoms with Crippen LogP contribution in [0, 0.1) is 22.5 Å². The van der Waals surface area contributed by atoms with Crippen LogP contribution in [-0.2, 0) is 44.3 Å². The van der Waals surface area contributed by atoms with Crippen LogP contribution < -0.4 is 26.6 Å². The largest absolute Gasteiger partial charge is 0.469 e. The second-order valence-corrected chi connectivity index (χ2v) is 29.1. The van der Waals surface area contributed by atoms with Crippen LogP contribution in [0.15, 0.2) is 72.8 Å². The van der Waals surface area contributed by atoms with Crippen molar-refractivity contribution in [1.29, 1.82) is 0 Å². The third-order valence-electron chi connectivity index (χ3n) is 24.0. The van der Waals surface area contributed by atoms with Crippen molar-refractivity contribution in [3.8, 4) is 0 Å². The van der Waals surface area contributed by atoms with E-state index >= 15 is 8.78 Å². The zero-order chi connectivity index (χ0) is 61.3. The molecular formula is C68H76Cl4F2N6O7. The monoisotopic (exact) mass is 1270 g/mol. The first-order valence-electron chi connectivity index (χ1n) is 31.5.